The Kier molecular flexibility index (Phi) is 3.28. The summed E-state index contributed by atoms with van der Waals surface area (Å²) < 4.78 is 0. The molecule has 0 fully saturated rings. The van der Waals surface area contributed by atoms with Crippen molar-refractivity contribution in [1.82, 2.24) is 4.98 Å². The van der Waals surface area contributed by atoms with Gasteiger partial charge >= 0.3 is 0 Å². The molecule has 0 bridgehead atoms. The molecule has 0 aliphatic heterocycles. The lowest BCUT2D eigenvalue weighted by molar-refractivity contribution is 0.101. The summed E-state index contributed by atoms with van der Waals surface area (Å²) >= 11 is 0. The van der Waals surface area contributed by atoms with Crippen molar-refractivity contribution in [3.8, 4) is 0 Å². The van der Waals surface area contributed by atoms with Gasteiger partial charge in [-0.1, -0.05) is 0 Å². The Morgan fingerprint density at radius 1 is 1.11 bits per heavy atom. The molecule has 92 valence electrons. The molecular weight excluding hydrogens is 228 g/mol. The summed E-state index contributed by atoms with van der Waals surface area (Å²) in [6.07, 6.45) is 1.73. The van der Waals surface area contributed by atoms with Crippen LogP contribution in [0.25, 0.3) is 0 Å². The van der Waals surface area contributed by atoms with E-state index in [0.29, 0.717) is 16.8 Å². The van der Waals surface area contributed by atoms with Gasteiger partial charge in [0, 0.05) is 23.1 Å². The largest absolute Gasteiger partial charge is 0.365 e. The smallest absolute Gasteiger partial charge is 0.257 e. The minimum absolute atomic E-state index is 0.00866. The van der Waals surface area contributed by atoms with E-state index < -0.39 is 0 Å². The van der Waals surface area contributed by atoms with Gasteiger partial charge in [-0.3, -0.25) is 9.59 Å². The van der Waals surface area contributed by atoms with Crippen LogP contribution in [0.5, 0.6) is 0 Å². The molecule has 1 aromatic heterocycles. The van der Waals surface area contributed by atoms with Crippen LogP contribution in [0, 0.1) is 6.92 Å². The van der Waals surface area contributed by atoms with Crippen LogP contribution in [-0.2, 0) is 0 Å². The monoisotopic (exact) mass is 242 g/mol. The number of hydrogen-bond donors (Lipinski definition) is 2. The number of hydrogen-bond acceptors (Lipinski definition) is 2. The van der Waals surface area contributed by atoms with Crippen LogP contribution >= 0.6 is 0 Å². The van der Waals surface area contributed by atoms with E-state index in [0.717, 1.165) is 5.69 Å². The number of rotatable bonds is 3. The molecule has 0 saturated carbocycles. The second kappa shape index (κ2) is 4.87. The number of H-pyrrole nitrogens is 1. The van der Waals surface area contributed by atoms with Crippen LogP contribution < -0.4 is 5.32 Å². The molecule has 1 amide bonds. The van der Waals surface area contributed by atoms with E-state index in [9.17, 15) is 9.59 Å². The number of benzene rings is 1. The topological polar surface area (TPSA) is 62.0 Å². The molecule has 4 nitrogen and oxygen atoms in total. The third kappa shape index (κ3) is 2.48. The summed E-state index contributed by atoms with van der Waals surface area (Å²) in [5.41, 5.74) is 2.75. The summed E-state index contributed by atoms with van der Waals surface area (Å²) in [7, 11) is 0. The van der Waals surface area contributed by atoms with Crippen molar-refractivity contribution in [2.45, 2.75) is 13.8 Å². The number of carbonyl (C=O) groups is 2. The fourth-order valence-electron chi connectivity index (χ4n) is 1.69. The zero-order chi connectivity index (χ0) is 13.1. The van der Waals surface area contributed by atoms with Crippen LogP contribution in [-0.4, -0.2) is 16.7 Å². The highest BCUT2D eigenvalue weighted by molar-refractivity contribution is 6.05. The van der Waals surface area contributed by atoms with Gasteiger partial charge in [0.25, 0.3) is 5.91 Å². The number of aryl methyl sites for hydroxylation is 1. The Balaban J connectivity index is 2.13. The first kappa shape index (κ1) is 12.1. The summed E-state index contributed by atoms with van der Waals surface area (Å²) in [5, 5.41) is 2.78. The Hall–Kier alpha value is -2.36. The molecule has 2 rings (SSSR count). The quantitative estimate of drug-likeness (QED) is 0.813. The molecule has 0 aliphatic rings. The van der Waals surface area contributed by atoms with E-state index in [1.807, 2.05) is 6.92 Å². The lowest BCUT2D eigenvalue weighted by atomic mass is 10.1. The van der Waals surface area contributed by atoms with Crippen molar-refractivity contribution in [3.05, 3.63) is 53.3 Å². The van der Waals surface area contributed by atoms with Crippen LogP contribution in [0.1, 0.15) is 33.3 Å². The second-order valence-corrected chi connectivity index (χ2v) is 4.10. The zero-order valence-corrected chi connectivity index (χ0v) is 10.3. The molecule has 4 heteroatoms. The average molecular weight is 242 g/mol. The van der Waals surface area contributed by atoms with Gasteiger partial charge in [-0.25, -0.2) is 0 Å². The van der Waals surface area contributed by atoms with Gasteiger partial charge in [-0.05, 0) is 44.2 Å². The summed E-state index contributed by atoms with van der Waals surface area (Å²) in [6.45, 7) is 3.35. The van der Waals surface area contributed by atoms with Gasteiger partial charge < -0.3 is 10.3 Å². The molecular formula is C14H14N2O2. The highest BCUT2D eigenvalue weighted by Crippen LogP contribution is 2.13. The predicted molar refractivity (Wildman–Crippen MR) is 69.9 cm³/mol. The molecule has 0 radical (unpaired) electrons. The zero-order valence-electron chi connectivity index (χ0n) is 10.3. The van der Waals surface area contributed by atoms with Gasteiger partial charge in [-0.2, -0.15) is 0 Å². The predicted octanol–water partition coefficient (Wildman–Crippen LogP) is 2.78. The van der Waals surface area contributed by atoms with Crippen molar-refractivity contribution >= 4 is 17.4 Å². The van der Waals surface area contributed by atoms with Gasteiger partial charge in [0.05, 0.1) is 5.56 Å². The lowest BCUT2D eigenvalue weighted by Gasteiger charge is -2.05. The van der Waals surface area contributed by atoms with Crippen molar-refractivity contribution in [3.63, 3.8) is 0 Å². The first-order valence-corrected chi connectivity index (χ1v) is 5.64. The number of aromatic amines is 1. The van der Waals surface area contributed by atoms with Gasteiger partial charge in [0.1, 0.15) is 0 Å². The third-order valence-electron chi connectivity index (χ3n) is 2.75. The fourth-order valence-corrected chi connectivity index (χ4v) is 1.69. The maximum Gasteiger partial charge on any atom is 0.257 e. The Morgan fingerprint density at radius 2 is 1.78 bits per heavy atom. The van der Waals surface area contributed by atoms with Gasteiger partial charge in [-0.15, -0.1) is 0 Å². The number of carbonyl (C=O) groups excluding carboxylic acids is 2. The summed E-state index contributed by atoms with van der Waals surface area (Å²) in [5.74, 6) is -0.154. The number of amides is 1. The highest BCUT2D eigenvalue weighted by atomic mass is 16.1. The van der Waals surface area contributed by atoms with Crippen LogP contribution in [0.3, 0.4) is 0 Å². The van der Waals surface area contributed by atoms with Crippen LogP contribution in [0.15, 0.2) is 36.5 Å². The van der Waals surface area contributed by atoms with Gasteiger partial charge in [0.2, 0.25) is 0 Å². The molecule has 0 atom stereocenters. The standard InChI is InChI=1S/C14H14N2O2/c1-9-13(7-8-15-9)14(18)16-12-5-3-11(4-6-12)10(2)17/h3-8,15H,1-2H3,(H,16,18). The molecule has 2 aromatic rings. The number of nitrogens with one attached hydrogen (secondary N) is 2. The van der Waals surface area contributed by atoms with E-state index in [1.54, 1.807) is 36.5 Å². The number of aromatic nitrogens is 1. The fraction of sp³-hybridized carbons (Fsp3) is 0.143. The first-order chi connectivity index (χ1) is 8.58. The number of ketones is 1. The Morgan fingerprint density at radius 3 is 2.28 bits per heavy atom. The minimum atomic E-state index is -0.163. The molecule has 0 saturated heterocycles. The van der Waals surface area contributed by atoms with E-state index in [1.165, 1.54) is 6.92 Å². The van der Waals surface area contributed by atoms with Crippen molar-refractivity contribution in [2.24, 2.45) is 0 Å². The summed E-state index contributed by atoms with van der Waals surface area (Å²) in [4.78, 5) is 26.0. The van der Waals surface area contributed by atoms with Crippen LogP contribution in [0.2, 0.25) is 0 Å². The maximum atomic E-state index is 11.9. The third-order valence-corrected chi connectivity index (χ3v) is 2.75. The van der Waals surface area contributed by atoms with Crippen molar-refractivity contribution in [1.29, 1.82) is 0 Å². The van der Waals surface area contributed by atoms with E-state index in [-0.39, 0.29) is 11.7 Å². The first-order valence-electron chi connectivity index (χ1n) is 5.64. The molecule has 1 aromatic carbocycles. The molecule has 18 heavy (non-hydrogen) atoms. The molecule has 0 aliphatic carbocycles. The minimum Gasteiger partial charge on any atom is -0.365 e. The van der Waals surface area contributed by atoms with Crippen molar-refractivity contribution in [2.75, 3.05) is 5.32 Å². The molecule has 0 unspecified atom stereocenters. The summed E-state index contributed by atoms with van der Waals surface area (Å²) in [6, 6.07) is 8.56. The Labute approximate surface area is 105 Å². The van der Waals surface area contributed by atoms with E-state index in [2.05, 4.69) is 10.3 Å². The number of anilines is 1. The maximum absolute atomic E-state index is 11.9. The number of Topliss-reactive ketones (excluding diaryl/α,β-unsaturated/α-hetero) is 1. The van der Waals surface area contributed by atoms with E-state index in [4.69, 9.17) is 0 Å². The van der Waals surface area contributed by atoms with Crippen LogP contribution in [0.4, 0.5) is 5.69 Å². The SMILES string of the molecule is CC(=O)c1ccc(NC(=O)c2cc[nH]c2C)cc1. The van der Waals surface area contributed by atoms with Crippen molar-refractivity contribution < 1.29 is 9.59 Å². The molecule has 0 spiro atoms. The molecule has 2 N–H and O–H groups in total. The Bertz CT molecular complexity index is 582. The lowest BCUT2D eigenvalue weighted by Crippen LogP contribution is -2.12. The average Bonchev–Trinajstić information content (AvgIpc) is 2.76. The molecule has 1 heterocycles. The highest BCUT2D eigenvalue weighted by Gasteiger charge is 2.09. The van der Waals surface area contributed by atoms with E-state index >= 15 is 0 Å². The normalized spacial score (nSPS) is 10.1. The second-order valence-electron chi connectivity index (χ2n) is 4.10. The van der Waals surface area contributed by atoms with Gasteiger partial charge in [0.15, 0.2) is 5.78 Å².